The Hall–Kier alpha value is -8.20. The summed E-state index contributed by atoms with van der Waals surface area (Å²) < 4.78 is 6.90. The normalized spacial score (nSPS) is 16.0. The molecular weight excluding hydrogens is 811 g/mol. The standard InChI is InChI=1S/C65H43NO/c1-64(2)53-25-11-7-21-47(53)48-33-31-42(38-58(48)64)66(59-28-15-24-50-49-22-10-14-29-60(49)67-63(50)59)41-32-35-56-52(37-41)45-19-6-5-18-44(45)46-20-8-12-26-54(46)65(56)55-27-13-9-23-51(55)62-57(65)34-30-40-36-39-16-3-4-17-43(39)61(40)62/h3-35,37-38H,36H2,1-2H3. The van der Waals surface area contributed by atoms with Gasteiger partial charge in [0.25, 0.3) is 0 Å². The van der Waals surface area contributed by atoms with Gasteiger partial charge in [0.05, 0.1) is 11.1 Å². The van der Waals surface area contributed by atoms with Crippen LogP contribution in [0.2, 0.25) is 0 Å². The number of hydrogen-bond donors (Lipinski definition) is 0. The zero-order chi connectivity index (χ0) is 44.2. The molecule has 1 aromatic heterocycles. The highest BCUT2D eigenvalue weighted by atomic mass is 16.3. The van der Waals surface area contributed by atoms with E-state index in [0.717, 1.165) is 45.4 Å². The smallest absolute Gasteiger partial charge is 0.159 e. The third kappa shape index (κ3) is 4.74. The fourth-order valence-corrected chi connectivity index (χ4v) is 13.1. The Morgan fingerprint density at radius 3 is 1.76 bits per heavy atom. The molecule has 1 unspecified atom stereocenters. The molecule has 0 saturated heterocycles. The Bertz CT molecular complexity index is 3960. The molecule has 4 aliphatic rings. The van der Waals surface area contributed by atoms with E-state index in [9.17, 15) is 0 Å². The van der Waals surface area contributed by atoms with Crippen molar-refractivity contribution < 1.29 is 4.42 Å². The van der Waals surface area contributed by atoms with E-state index in [4.69, 9.17) is 4.42 Å². The van der Waals surface area contributed by atoms with E-state index in [-0.39, 0.29) is 5.41 Å². The van der Waals surface area contributed by atoms with E-state index in [1.165, 1.54) is 100 Å². The maximum Gasteiger partial charge on any atom is 0.159 e. The van der Waals surface area contributed by atoms with Gasteiger partial charge in [0, 0.05) is 27.6 Å². The van der Waals surface area contributed by atoms with E-state index >= 15 is 0 Å². The molecule has 1 spiro atoms. The third-order valence-corrected chi connectivity index (χ3v) is 15.9. The number of para-hydroxylation sites is 2. The topological polar surface area (TPSA) is 16.4 Å². The third-order valence-electron chi connectivity index (χ3n) is 15.9. The van der Waals surface area contributed by atoms with Crippen LogP contribution in [0.1, 0.15) is 58.4 Å². The maximum absolute atomic E-state index is 6.90. The van der Waals surface area contributed by atoms with Crippen LogP contribution in [0.15, 0.2) is 217 Å². The van der Waals surface area contributed by atoms with Crippen molar-refractivity contribution >= 4 is 39.0 Å². The molecule has 0 bridgehead atoms. The summed E-state index contributed by atoms with van der Waals surface area (Å²) in [5.74, 6) is 0. The fraction of sp³-hybridized carbons (Fsp3) is 0.0769. The molecule has 1 heterocycles. The second-order valence-corrected chi connectivity index (χ2v) is 19.5. The molecule has 2 nitrogen and oxygen atoms in total. The highest BCUT2D eigenvalue weighted by Gasteiger charge is 2.51. The quantitative estimate of drug-likeness (QED) is 0.176. The predicted molar refractivity (Wildman–Crippen MR) is 276 cm³/mol. The van der Waals surface area contributed by atoms with Crippen molar-refractivity contribution in [3.63, 3.8) is 0 Å². The minimum Gasteiger partial charge on any atom is -0.454 e. The fourth-order valence-electron chi connectivity index (χ4n) is 13.1. The van der Waals surface area contributed by atoms with E-state index in [2.05, 4.69) is 231 Å². The molecule has 11 aromatic rings. The average Bonchev–Trinajstić information content (AvgIpc) is 4.08. The van der Waals surface area contributed by atoms with Crippen LogP contribution in [0.25, 0.3) is 77.6 Å². The largest absolute Gasteiger partial charge is 0.454 e. The molecule has 0 aliphatic heterocycles. The zero-order valence-electron chi connectivity index (χ0n) is 37.3. The zero-order valence-corrected chi connectivity index (χ0v) is 37.3. The summed E-state index contributed by atoms with van der Waals surface area (Å²) in [6.45, 7) is 4.74. The molecule has 0 N–H and O–H groups in total. The van der Waals surface area contributed by atoms with Crippen LogP contribution < -0.4 is 4.90 Å². The SMILES string of the molecule is CC1(C)c2ccccc2-c2ccc(N(c3ccc4c(c3)-c3ccccc3-c3ccccc3C43c4ccccc4-c4c3ccc3c4-c4ccccc4C3)c3cccc4c3oc3ccccc34)cc21. The molecule has 0 saturated carbocycles. The lowest BCUT2D eigenvalue weighted by atomic mass is 9.65. The van der Waals surface area contributed by atoms with Gasteiger partial charge in [-0.15, -0.1) is 0 Å². The van der Waals surface area contributed by atoms with Crippen LogP contribution in [0.3, 0.4) is 0 Å². The molecule has 0 radical (unpaired) electrons. The first-order chi connectivity index (χ1) is 33.0. The van der Waals surface area contributed by atoms with Gasteiger partial charge >= 0.3 is 0 Å². The van der Waals surface area contributed by atoms with Crippen molar-refractivity contribution in [1.82, 2.24) is 0 Å². The van der Waals surface area contributed by atoms with E-state index < -0.39 is 5.41 Å². The van der Waals surface area contributed by atoms with Gasteiger partial charge in [0.15, 0.2) is 5.58 Å². The first-order valence-corrected chi connectivity index (χ1v) is 23.6. The van der Waals surface area contributed by atoms with Crippen LogP contribution in [0.5, 0.6) is 0 Å². The Labute approximate surface area is 390 Å². The second kappa shape index (κ2) is 13.2. The Balaban J connectivity index is 1.04. The first-order valence-electron chi connectivity index (χ1n) is 23.6. The maximum atomic E-state index is 6.90. The summed E-state index contributed by atoms with van der Waals surface area (Å²) in [6, 6.07) is 79.9. The average molecular weight is 854 g/mol. The van der Waals surface area contributed by atoms with Crippen molar-refractivity contribution in [3.05, 3.63) is 257 Å². The molecule has 4 aliphatic carbocycles. The van der Waals surface area contributed by atoms with Crippen molar-refractivity contribution in [2.75, 3.05) is 4.90 Å². The summed E-state index contributed by atoms with van der Waals surface area (Å²) in [5.41, 5.74) is 28.0. The molecule has 0 amide bonds. The molecule has 2 heteroatoms. The summed E-state index contributed by atoms with van der Waals surface area (Å²) in [5, 5.41) is 2.22. The second-order valence-electron chi connectivity index (χ2n) is 19.5. The Morgan fingerprint density at radius 1 is 0.373 bits per heavy atom. The lowest BCUT2D eigenvalue weighted by Crippen LogP contribution is -2.29. The first kappa shape index (κ1) is 37.1. The molecular formula is C65H43NO. The van der Waals surface area contributed by atoms with Crippen LogP contribution >= 0.6 is 0 Å². The van der Waals surface area contributed by atoms with Crippen LogP contribution in [0, 0.1) is 0 Å². The predicted octanol–water partition coefficient (Wildman–Crippen LogP) is 16.9. The Kier molecular flexibility index (Phi) is 7.31. The van der Waals surface area contributed by atoms with Crippen molar-refractivity contribution in [2.45, 2.75) is 31.1 Å². The number of benzene rings is 10. The van der Waals surface area contributed by atoms with Crippen LogP contribution in [0.4, 0.5) is 17.1 Å². The van der Waals surface area contributed by atoms with Gasteiger partial charge in [0.2, 0.25) is 0 Å². The number of nitrogens with zero attached hydrogens (tertiary/aromatic N) is 1. The van der Waals surface area contributed by atoms with Crippen molar-refractivity contribution in [3.8, 4) is 55.6 Å². The van der Waals surface area contributed by atoms with Gasteiger partial charge in [-0.1, -0.05) is 190 Å². The van der Waals surface area contributed by atoms with Gasteiger partial charge in [-0.25, -0.2) is 0 Å². The monoisotopic (exact) mass is 853 g/mol. The van der Waals surface area contributed by atoms with Crippen LogP contribution in [-0.4, -0.2) is 0 Å². The lowest BCUT2D eigenvalue weighted by molar-refractivity contribution is 0.660. The summed E-state index contributed by atoms with van der Waals surface area (Å²) >= 11 is 0. The van der Waals surface area contributed by atoms with Crippen molar-refractivity contribution in [1.29, 1.82) is 0 Å². The van der Waals surface area contributed by atoms with E-state index in [0.29, 0.717) is 0 Å². The highest BCUT2D eigenvalue weighted by Crippen LogP contribution is 2.64. The van der Waals surface area contributed by atoms with E-state index in [1.54, 1.807) is 0 Å². The summed E-state index contributed by atoms with van der Waals surface area (Å²) in [6.07, 6.45) is 0.954. The van der Waals surface area contributed by atoms with Gasteiger partial charge in [-0.3, -0.25) is 0 Å². The molecule has 15 rings (SSSR count). The van der Waals surface area contributed by atoms with Gasteiger partial charge in [-0.2, -0.15) is 0 Å². The molecule has 10 aromatic carbocycles. The summed E-state index contributed by atoms with van der Waals surface area (Å²) in [7, 11) is 0. The minimum atomic E-state index is -0.602. The van der Waals surface area contributed by atoms with Gasteiger partial charge in [-0.05, 0) is 143 Å². The molecule has 314 valence electrons. The van der Waals surface area contributed by atoms with E-state index in [1.807, 2.05) is 0 Å². The number of fused-ring (bicyclic) bond motifs is 22. The summed E-state index contributed by atoms with van der Waals surface area (Å²) in [4.78, 5) is 2.46. The number of furan rings is 1. The molecule has 0 fully saturated rings. The molecule has 1 atom stereocenters. The van der Waals surface area contributed by atoms with Crippen LogP contribution in [-0.2, 0) is 17.3 Å². The van der Waals surface area contributed by atoms with Crippen molar-refractivity contribution in [2.24, 2.45) is 0 Å². The van der Waals surface area contributed by atoms with Gasteiger partial charge in [0.1, 0.15) is 5.58 Å². The number of hydrogen-bond acceptors (Lipinski definition) is 2. The van der Waals surface area contributed by atoms with Gasteiger partial charge < -0.3 is 9.32 Å². The number of anilines is 3. The Morgan fingerprint density at radius 2 is 0.940 bits per heavy atom. The molecule has 67 heavy (non-hydrogen) atoms. The lowest BCUT2D eigenvalue weighted by Gasteiger charge is -2.36. The number of rotatable bonds is 3. The minimum absolute atomic E-state index is 0.173. The highest BCUT2D eigenvalue weighted by molar-refractivity contribution is 6.11.